The zero-order valence-corrected chi connectivity index (χ0v) is 16.2. The van der Waals surface area contributed by atoms with Crippen LogP contribution >= 0.6 is 60.0 Å². The molecule has 0 N–H and O–H groups in total. The predicted molar refractivity (Wildman–Crippen MR) is 101 cm³/mol. The number of benzene rings is 2. The summed E-state index contributed by atoms with van der Waals surface area (Å²) in [6.45, 7) is 2.07. The molecule has 0 saturated carbocycles. The van der Waals surface area contributed by atoms with Crippen molar-refractivity contribution in [3.8, 4) is 0 Å². The molecule has 4 heteroatoms. The van der Waals surface area contributed by atoms with Crippen molar-refractivity contribution < 1.29 is 0 Å². The first-order valence-corrected chi connectivity index (χ1v) is 8.70. The summed E-state index contributed by atoms with van der Waals surface area (Å²) in [6.07, 6.45) is 3.98. The zero-order chi connectivity index (χ0) is 14.7. The molecule has 0 unspecified atom stereocenters. The maximum absolute atomic E-state index is 5.44. The maximum Gasteiger partial charge on any atom is 0.0465 e. The van der Waals surface area contributed by atoms with Gasteiger partial charge in [0.25, 0.3) is 0 Å². The van der Waals surface area contributed by atoms with Crippen LogP contribution in [0.2, 0.25) is 0 Å². The number of hydrogen-bond donors (Lipinski definition) is 0. The Balaban J connectivity index is 2.23. The van der Waals surface area contributed by atoms with Crippen LogP contribution in [0.1, 0.15) is 16.7 Å². The van der Waals surface area contributed by atoms with E-state index in [2.05, 4.69) is 79.0 Å². The quantitative estimate of drug-likeness (QED) is 0.206. The Hall–Kier alpha value is -0.290. The monoisotopic (exact) mass is 472 g/mol. The third-order valence-corrected chi connectivity index (χ3v) is 6.59. The lowest BCUT2D eigenvalue weighted by Gasteiger charge is -2.04. The summed E-state index contributed by atoms with van der Waals surface area (Å²) in [4.78, 5) is 0.830. The van der Waals surface area contributed by atoms with E-state index >= 15 is 0 Å². The first-order valence-electron chi connectivity index (χ1n) is 5.91. The van der Waals surface area contributed by atoms with Crippen molar-refractivity contribution in [1.82, 2.24) is 0 Å². The first-order chi connectivity index (χ1) is 9.49. The largest absolute Gasteiger partial charge is 0.0795 e. The summed E-state index contributed by atoms with van der Waals surface area (Å²) < 4.78 is 3.03. The van der Waals surface area contributed by atoms with E-state index in [1.165, 1.54) is 5.56 Å². The van der Waals surface area contributed by atoms with Crippen LogP contribution in [0, 0.1) is 6.92 Å². The molecule has 0 aliphatic carbocycles. The number of aryl methyl sites for hydroxylation is 1. The van der Waals surface area contributed by atoms with Gasteiger partial charge in [-0.2, -0.15) is 0 Å². The Morgan fingerprint density at radius 2 is 1.60 bits per heavy atom. The fourth-order valence-electron chi connectivity index (χ4n) is 1.65. The zero-order valence-electron chi connectivity index (χ0n) is 10.7. The fourth-order valence-corrected chi connectivity index (χ4v) is 3.29. The van der Waals surface area contributed by atoms with Gasteiger partial charge >= 0.3 is 0 Å². The van der Waals surface area contributed by atoms with Crippen LogP contribution < -0.4 is 0 Å². The minimum atomic E-state index is 0.830. The van der Waals surface area contributed by atoms with E-state index in [4.69, 9.17) is 12.2 Å². The van der Waals surface area contributed by atoms with E-state index in [0.717, 1.165) is 29.4 Å². The lowest BCUT2D eigenvalue weighted by Crippen LogP contribution is -1.92. The molecule has 0 bridgehead atoms. The summed E-state index contributed by atoms with van der Waals surface area (Å²) in [6, 6.07) is 12.3. The van der Waals surface area contributed by atoms with Crippen molar-refractivity contribution in [2.24, 2.45) is 0 Å². The molecule has 0 aliphatic heterocycles. The number of halogens is 3. The van der Waals surface area contributed by atoms with Crippen LogP contribution in [-0.2, 0) is 0 Å². The van der Waals surface area contributed by atoms with Gasteiger partial charge in [0, 0.05) is 18.3 Å². The van der Waals surface area contributed by atoms with Crippen molar-refractivity contribution in [3.63, 3.8) is 0 Å². The second-order valence-electron chi connectivity index (χ2n) is 4.33. The van der Waals surface area contributed by atoms with Crippen LogP contribution in [0.4, 0.5) is 0 Å². The van der Waals surface area contributed by atoms with E-state index in [-0.39, 0.29) is 0 Å². The van der Waals surface area contributed by atoms with Crippen molar-refractivity contribution in [1.29, 1.82) is 0 Å². The fraction of sp³-hybridized carbons (Fsp3) is 0.0625. The normalized spacial score (nSPS) is 11.0. The molecule has 0 nitrogen and oxygen atoms in total. The van der Waals surface area contributed by atoms with Crippen LogP contribution in [0.15, 0.2) is 55.9 Å². The van der Waals surface area contributed by atoms with Crippen molar-refractivity contribution in [2.75, 3.05) is 0 Å². The summed E-state index contributed by atoms with van der Waals surface area (Å²) >= 11 is 16.0. The topological polar surface area (TPSA) is 0 Å². The lowest BCUT2D eigenvalue weighted by molar-refractivity contribution is 1.47. The average Bonchev–Trinajstić information content (AvgIpc) is 2.44. The second kappa shape index (κ2) is 7.12. The minimum Gasteiger partial charge on any atom is -0.0795 e. The van der Waals surface area contributed by atoms with E-state index in [1.807, 2.05) is 24.3 Å². The molecule has 0 amide bonds. The van der Waals surface area contributed by atoms with Gasteiger partial charge in [0.15, 0.2) is 0 Å². The molecule has 0 heterocycles. The molecule has 2 rings (SSSR count). The number of allylic oxidation sites excluding steroid dienone is 1. The molecule has 20 heavy (non-hydrogen) atoms. The predicted octanol–water partition coefficient (Wildman–Crippen LogP) is 6.71. The molecule has 2 aromatic carbocycles. The van der Waals surface area contributed by atoms with Gasteiger partial charge in [0.1, 0.15) is 0 Å². The highest BCUT2D eigenvalue weighted by Crippen LogP contribution is 2.34. The van der Waals surface area contributed by atoms with Crippen molar-refractivity contribution in [3.05, 3.63) is 72.6 Å². The van der Waals surface area contributed by atoms with Gasteiger partial charge in [-0.25, -0.2) is 0 Å². The molecule has 0 aromatic heterocycles. The molecule has 0 aliphatic rings. The molecule has 0 radical (unpaired) electrons. The standard InChI is InChI=1S/C16H11Br3S/c1-10-2-4-11(5-3-10)14(20)9-7-12-6-8-13(17)16(19)15(12)18/h2-9H,1H3. The van der Waals surface area contributed by atoms with E-state index < -0.39 is 0 Å². The molecule has 102 valence electrons. The molecule has 2 aromatic rings. The van der Waals surface area contributed by atoms with Crippen LogP contribution in [0.3, 0.4) is 0 Å². The van der Waals surface area contributed by atoms with Crippen LogP contribution in [0.25, 0.3) is 6.08 Å². The van der Waals surface area contributed by atoms with Crippen molar-refractivity contribution >= 4 is 70.9 Å². The second-order valence-corrected chi connectivity index (χ2v) is 7.21. The first kappa shape index (κ1) is 16.1. The SMILES string of the molecule is Cc1ccc(C(=S)C=Cc2ccc(Br)c(Br)c2Br)cc1. The van der Waals surface area contributed by atoms with Gasteiger partial charge in [-0.05, 0) is 78.0 Å². The Kier molecular flexibility index (Phi) is 5.73. The summed E-state index contributed by atoms with van der Waals surface area (Å²) in [7, 11) is 0. The highest BCUT2D eigenvalue weighted by atomic mass is 79.9. The van der Waals surface area contributed by atoms with Gasteiger partial charge in [-0.1, -0.05) is 54.2 Å². The van der Waals surface area contributed by atoms with E-state index in [0.29, 0.717) is 0 Å². The van der Waals surface area contributed by atoms with Gasteiger partial charge in [-0.15, -0.1) is 0 Å². The van der Waals surface area contributed by atoms with Gasteiger partial charge in [-0.3, -0.25) is 0 Å². The lowest BCUT2D eigenvalue weighted by atomic mass is 10.1. The Labute approximate surface area is 149 Å². The third kappa shape index (κ3) is 3.88. The highest BCUT2D eigenvalue weighted by molar-refractivity contribution is 9.14. The van der Waals surface area contributed by atoms with Gasteiger partial charge in [0.2, 0.25) is 0 Å². The third-order valence-electron chi connectivity index (χ3n) is 2.82. The maximum atomic E-state index is 5.44. The molecule has 0 spiro atoms. The molecular formula is C16H11Br3S. The molecule has 0 atom stereocenters. The molecular weight excluding hydrogens is 464 g/mol. The Bertz CT molecular complexity index is 673. The summed E-state index contributed by atoms with van der Waals surface area (Å²) in [5, 5.41) is 0. The number of rotatable bonds is 3. The number of hydrogen-bond acceptors (Lipinski definition) is 1. The molecule has 0 fully saturated rings. The van der Waals surface area contributed by atoms with E-state index in [9.17, 15) is 0 Å². The Morgan fingerprint density at radius 1 is 0.950 bits per heavy atom. The van der Waals surface area contributed by atoms with Crippen LogP contribution in [-0.4, -0.2) is 4.86 Å². The average molecular weight is 475 g/mol. The smallest absolute Gasteiger partial charge is 0.0465 e. The Morgan fingerprint density at radius 3 is 2.25 bits per heavy atom. The van der Waals surface area contributed by atoms with Crippen LogP contribution in [0.5, 0.6) is 0 Å². The van der Waals surface area contributed by atoms with E-state index in [1.54, 1.807) is 0 Å². The summed E-state index contributed by atoms with van der Waals surface area (Å²) in [5.74, 6) is 0. The van der Waals surface area contributed by atoms with Gasteiger partial charge < -0.3 is 0 Å². The highest BCUT2D eigenvalue weighted by Gasteiger charge is 2.05. The minimum absolute atomic E-state index is 0.830. The molecule has 0 saturated heterocycles. The van der Waals surface area contributed by atoms with Gasteiger partial charge in [0.05, 0.1) is 0 Å². The van der Waals surface area contributed by atoms with Crippen molar-refractivity contribution in [2.45, 2.75) is 6.92 Å². The summed E-state index contributed by atoms with van der Waals surface area (Å²) in [5.41, 5.74) is 3.38. The number of thiocarbonyl (C=S) groups is 1.